The molecule has 1 N–H and O–H groups in total. The van der Waals surface area contributed by atoms with Gasteiger partial charge in [-0.05, 0) is 32.9 Å². The zero-order chi connectivity index (χ0) is 23.7. The average Bonchev–Trinajstić information content (AvgIpc) is 2.74. The van der Waals surface area contributed by atoms with E-state index in [4.69, 9.17) is 18.9 Å². The standard InChI is InChI=1S/C23H28N2O7/c1-6-11-30-13-18(25-22(28)32-23(2,3)4)21(27)31-14-19(26)16-12-15-9-7-8-10-17(15)24-20(16)29-5/h6-10,12,18H,1,11,13-14H2,2-5H3,(H,25,28). The predicted octanol–water partition coefficient (Wildman–Crippen LogP) is 3.07. The summed E-state index contributed by atoms with van der Waals surface area (Å²) in [5.74, 6) is -1.22. The van der Waals surface area contributed by atoms with Gasteiger partial charge in [-0.15, -0.1) is 6.58 Å². The summed E-state index contributed by atoms with van der Waals surface area (Å²) in [7, 11) is 1.40. The Morgan fingerprint density at radius 3 is 2.59 bits per heavy atom. The number of para-hydroxylation sites is 1. The number of ketones is 1. The molecule has 0 radical (unpaired) electrons. The Kier molecular flexibility index (Phi) is 8.71. The molecular weight excluding hydrogens is 416 g/mol. The van der Waals surface area contributed by atoms with Gasteiger partial charge in [0.25, 0.3) is 0 Å². The number of amides is 1. The largest absolute Gasteiger partial charge is 0.480 e. The fourth-order valence-corrected chi connectivity index (χ4v) is 2.66. The molecular formula is C23H28N2O7. The zero-order valence-electron chi connectivity index (χ0n) is 18.7. The Bertz CT molecular complexity index is 982. The number of methoxy groups -OCH3 is 1. The van der Waals surface area contributed by atoms with E-state index in [1.807, 2.05) is 18.2 Å². The maximum atomic E-state index is 12.7. The van der Waals surface area contributed by atoms with Gasteiger partial charge in [0.1, 0.15) is 5.60 Å². The second-order valence-electron chi connectivity index (χ2n) is 7.79. The Labute approximate surface area is 186 Å². The SMILES string of the molecule is C=CCOCC(NC(=O)OC(C)(C)C)C(=O)OCC(=O)c1cc2ccccc2nc1OC. The van der Waals surface area contributed by atoms with Crippen LogP contribution in [0.4, 0.5) is 4.79 Å². The lowest BCUT2D eigenvalue weighted by atomic mass is 10.1. The second kappa shape index (κ2) is 11.2. The Balaban J connectivity index is 2.08. The maximum absolute atomic E-state index is 12.7. The van der Waals surface area contributed by atoms with Gasteiger partial charge < -0.3 is 24.3 Å². The highest BCUT2D eigenvalue weighted by Crippen LogP contribution is 2.22. The van der Waals surface area contributed by atoms with E-state index in [0.29, 0.717) is 5.52 Å². The van der Waals surface area contributed by atoms with Crippen molar-refractivity contribution in [3.63, 3.8) is 0 Å². The molecule has 9 heteroatoms. The molecule has 172 valence electrons. The summed E-state index contributed by atoms with van der Waals surface area (Å²) in [5.41, 5.74) is 0.0910. The van der Waals surface area contributed by atoms with Gasteiger partial charge >= 0.3 is 12.1 Å². The van der Waals surface area contributed by atoms with Crippen LogP contribution in [0.15, 0.2) is 43.0 Å². The zero-order valence-corrected chi connectivity index (χ0v) is 18.7. The number of ether oxygens (including phenoxy) is 4. The number of aromatic nitrogens is 1. The highest BCUT2D eigenvalue weighted by Gasteiger charge is 2.27. The van der Waals surface area contributed by atoms with Crippen LogP contribution in [-0.2, 0) is 19.0 Å². The topological polar surface area (TPSA) is 113 Å². The van der Waals surface area contributed by atoms with E-state index in [-0.39, 0.29) is 24.7 Å². The van der Waals surface area contributed by atoms with Gasteiger partial charge in [-0.1, -0.05) is 24.3 Å². The summed E-state index contributed by atoms with van der Waals surface area (Å²) in [6, 6.07) is 7.70. The molecule has 1 amide bonds. The van der Waals surface area contributed by atoms with E-state index in [1.54, 1.807) is 32.9 Å². The van der Waals surface area contributed by atoms with Crippen LogP contribution in [0.5, 0.6) is 5.88 Å². The van der Waals surface area contributed by atoms with Crippen LogP contribution in [-0.4, -0.2) is 61.4 Å². The van der Waals surface area contributed by atoms with Gasteiger partial charge in [-0.25, -0.2) is 14.6 Å². The third-order valence-electron chi connectivity index (χ3n) is 4.02. The number of esters is 1. The number of carbonyl (C=O) groups is 3. The molecule has 0 aliphatic carbocycles. The monoisotopic (exact) mass is 444 g/mol. The van der Waals surface area contributed by atoms with Gasteiger partial charge in [0.2, 0.25) is 11.7 Å². The summed E-state index contributed by atoms with van der Waals surface area (Å²) >= 11 is 0. The van der Waals surface area contributed by atoms with Crippen molar-refractivity contribution in [1.82, 2.24) is 10.3 Å². The molecule has 32 heavy (non-hydrogen) atoms. The van der Waals surface area contributed by atoms with Crippen LogP contribution in [0.1, 0.15) is 31.1 Å². The first kappa shape index (κ1) is 24.8. The highest BCUT2D eigenvalue weighted by molar-refractivity contribution is 6.02. The van der Waals surface area contributed by atoms with E-state index in [2.05, 4.69) is 16.9 Å². The Hall–Kier alpha value is -3.46. The van der Waals surface area contributed by atoms with Crippen LogP contribution in [0.25, 0.3) is 10.9 Å². The fraction of sp³-hybridized carbons (Fsp3) is 0.391. The van der Waals surface area contributed by atoms with Gasteiger partial charge in [-0.3, -0.25) is 4.79 Å². The summed E-state index contributed by atoms with van der Waals surface area (Å²) < 4.78 is 20.8. The lowest BCUT2D eigenvalue weighted by molar-refractivity contribution is -0.146. The van der Waals surface area contributed by atoms with Crippen molar-refractivity contribution >= 4 is 28.7 Å². The summed E-state index contributed by atoms with van der Waals surface area (Å²) in [6.45, 7) is 8.02. The average molecular weight is 444 g/mol. The van der Waals surface area contributed by atoms with Crippen LogP contribution >= 0.6 is 0 Å². The number of fused-ring (bicyclic) bond motifs is 1. The van der Waals surface area contributed by atoms with Crippen LogP contribution in [0.2, 0.25) is 0 Å². The van der Waals surface area contributed by atoms with Gasteiger partial charge in [0.05, 0.1) is 31.4 Å². The van der Waals surface area contributed by atoms with Crippen molar-refractivity contribution in [3.05, 3.63) is 48.6 Å². The van der Waals surface area contributed by atoms with E-state index in [1.165, 1.54) is 13.2 Å². The number of rotatable bonds is 10. The molecule has 0 aliphatic heterocycles. The van der Waals surface area contributed by atoms with Crippen molar-refractivity contribution in [3.8, 4) is 5.88 Å². The molecule has 0 fully saturated rings. The molecule has 1 aromatic heterocycles. The summed E-state index contributed by atoms with van der Waals surface area (Å²) in [5, 5.41) is 3.14. The third-order valence-corrected chi connectivity index (χ3v) is 4.02. The van der Waals surface area contributed by atoms with Crippen molar-refractivity contribution in [2.75, 3.05) is 26.9 Å². The van der Waals surface area contributed by atoms with Crippen molar-refractivity contribution in [2.45, 2.75) is 32.4 Å². The first-order chi connectivity index (χ1) is 15.1. The lowest BCUT2D eigenvalue weighted by Gasteiger charge is -2.22. The maximum Gasteiger partial charge on any atom is 0.408 e. The molecule has 0 saturated carbocycles. The van der Waals surface area contributed by atoms with Gasteiger partial charge in [-0.2, -0.15) is 0 Å². The number of nitrogens with one attached hydrogen (secondary N) is 1. The molecule has 1 aromatic carbocycles. The minimum Gasteiger partial charge on any atom is -0.480 e. The molecule has 0 bridgehead atoms. The van der Waals surface area contributed by atoms with Crippen LogP contribution in [0, 0.1) is 0 Å². The first-order valence-electron chi connectivity index (χ1n) is 9.96. The summed E-state index contributed by atoms with van der Waals surface area (Å²) in [6.07, 6.45) is 0.687. The minimum atomic E-state index is -1.17. The number of nitrogens with zero attached hydrogens (tertiary/aromatic N) is 1. The van der Waals surface area contributed by atoms with Gasteiger partial charge in [0.15, 0.2) is 12.6 Å². The minimum absolute atomic E-state index is 0.127. The number of pyridine rings is 1. The molecule has 0 spiro atoms. The van der Waals surface area contributed by atoms with E-state index in [0.717, 1.165) is 5.39 Å². The Morgan fingerprint density at radius 2 is 1.94 bits per heavy atom. The molecule has 2 aromatic rings. The lowest BCUT2D eigenvalue weighted by Crippen LogP contribution is -2.47. The quantitative estimate of drug-likeness (QED) is 0.257. The molecule has 1 heterocycles. The number of benzene rings is 1. The Morgan fingerprint density at radius 1 is 1.22 bits per heavy atom. The van der Waals surface area contributed by atoms with Crippen molar-refractivity contribution < 1.29 is 33.3 Å². The number of alkyl carbamates (subject to hydrolysis) is 1. The van der Waals surface area contributed by atoms with E-state index in [9.17, 15) is 14.4 Å². The number of carbonyl (C=O) groups excluding carboxylic acids is 3. The highest BCUT2D eigenvalue weighted by atomic mass is 16.6. The number of hydrogen-bond acceptors (Lipinski definition) is 8. The third kappa shape index (κ3) is 7.35. The molecule has 0 saturated heterocycles. The normalized spacial score (nSPS) is 12.0. The van der Waals surface area contributed by atoms with E-state index >= 15 is 0 Å². The molecule has 0 aliphatic rings. The van der Waals surface area contributed by atoms with E-state index < -0.39 is 36.1 Å². The smallest absolute Gasteiger partial charge is 0.408 e. The molecule has 1 unspecified atom stereocenters. The van der Waals surface area contributed by atoms with Gasteiger partial charge in [0, 0.05) is 5.39 Å². The summed E-state index contributed by atoms with van der Waals surface area (Å²) in [4.78, 5) is 41.6. The fourth-order valence-electron chi connectivity index (χ4n) is 2.66. The first-order valence-corrected chi connectivity index (χ1v) is 9.96. The van der Waals surface area contributed by atoms with Crippen LogP contribution < -0.4 is 10.1 Å². The molecule has 1 atom stereocenters. The number of Topliss-reactive ketones (excluding diaryl/α,β-unsaturated/α-hetero) is 1. The number of hydrogen-bond donors (Lipinski definition) is 1. The molecule has 2 rings (SSSR count). The van der Waals surface area contributed by atoms with Crippen molar-refractivity contribution in [2.24, 2.45) is 0 Å². The second-order valence-corrected chi connectivity index (χ2v) is 7.79. The predicted molar refractivity (Wildman–Crippen MR) is 118 cm³/mol. The molecule has 9 nitrogen and oxygen atoms in total. The van der Waals surface area contributed by atoms with Crippen LogP contribution in [0.3, 0.4) is 0 Å². The van der Waals surface area contributed by atoms with Crippen molar-refractivity contribution in [1.29, 1.82) is 0 Å².